The van der Waals surface area contributed by atoms with Gasteiger partial charge in [0, 0.05) is 26.2 Å². The van der Waals surface area contributed by atoms with Crippen LogP contribution in [-0.4, -0.2) is 30.8 Å². The van der Waals surface area contributed by atoms with Crippen molar-refractivity contribution in [3.8, 4) is 0 Å². The lowest BCUT2D eigenvalue weighted by atomic mass is 10.1. The third-order valence-electron chi connectivity index (χ3n) is 4.63. The minimum absolute atomic E-state index is 0.0800. The van der Waals surface area contributed by atoms with Crippen molar-refractivity contribution in [3.63, 3.8) is 0 Å². The number of hydrogen-bond donors (Lipinski definition) is 1. The lowest BCUT2D eigenvalue weighted by molar-refractivity contribution is -0.113. The molecule has 8 nitrogen and oxygen atoms in total. The van der Waals surface area contributed by atoms with E-state index in [9.17, 15) is 14.4 Å². The highest BCUT2D eigenvalue weighted by Gasteiger charge is 2.18. The summed E-state index contributed by atoms with van der Waals surface area (Å²) in [6.45, 7) is 5.94. The molecule has 0 bridgehead atoms. The van der Waals surface area contributed by atoms with E-state index in [0.29, 0.717) is 22.9 Å². The number of aryl methyl sites for hydroxylation is 4. The van der Waals surface area contributed by atoms with E-state index in [0.717, 1.165) is 27.8 Å². The van der Waals surface area contributed by atoms with E-state index in [1.165, 1.54) is 23.4 Å². The normalized spacial score (nSPS) is 11.1. The van der Waals surface area contributed by atoms with E-state index in [4.69, 9.17) is 0 Å². The summed E-state index contributed by atoms with van der Waals surface area (Å²) < 4.78 is 2.38. The van der Waals surface area contributed by atoms with Gasteiger partial charge < -0.3 is 5.32 Å². The number of carbonyl (C=O) groups is 1. The van der Waals surface area contributed by atoms with Crippen molar-refractivity contribution in [1.29, 1.82) is 0 Å². The van der Waals surface area contributed by atoms with Crippen LogP contribution in [0.15, 0.2) is 32.8 Å². The average molecular weight is 428 g/mol. The number of rotatable bonds is 6. The number of thioether (sulfide) groups is 1. The molecule has 3 rings (SSSR count). The Hall–Kier alpha value is -2.94. The third kappa shape index (κ3) is 4.46. The third-order valence-corrected chi connectivity index (χ3v) is 5.61. The Morgan fingerprint density at radius 3 is 2.37 bits per heavy atom. The number of aromatic nitrogens is 4. The lowest BCUT2D eigenvalue weighted by Crippen LogP contribution is -2.38. The summed E-state index contributed by atoms with van der Waals surface area (Å²) >= 11 is 1.17. The maximum absolute atomic E-state index is 12.8. The molecule has 0 fully saturated rings. The molecule has 0 saturated heterocycles. The standard InChI is InChI=1S/C21H25N5O3S/c1-6-7-15-23-18-17(20(28)26(5)21(29)25(18)4)19(24-15)30-11-16(27)22-14-9-12(2)8-13(3)10-14/h8-10H,6-7,11H2,1-5H3,(H,22,27). The zero-order valence-electron chi connectivity index (χ0n) is 17.8. The lowest BCUT2D eigenvalue weighted by Gasteiger charge is -2.12. The maximum Gasteiger partial charge on any atom is 0.332 e. The molecule has 9 heteroatoms. The van der Waals surface area contributed by atoms with Gasteiger partial charge in [0.25, 0.3) is 5.56 Å². The van der Waals surface area contributed by atoms with Crippen molar-refractivity contribution >= 4 is 34.4 Å². The van der Waals surface area contributed by atoms with Crippen LogP contribution in [-0.2, 0) is 25.3 Å². The van der Waals surface area contributed by atoms with Crippen LogP contribution in [0, 0.1) is 13.8 Å². The van der Waals surface area contributed by atoms with E-state index in [2.05, 4.69) is 15.3 Å². The summed E-state index contributed by atoms with van der Waals surface area (Å²) in [5, 5.41) is 3.55. The van der Waals surface area contributed by atoms with E-state index in [1.807, 2.05) is 39.0 Å². The van der Waals surface area contributed by atoms with Gasteiger partial charge in [0.2, 0.25) is 5.91 Å². The predicted molar refractivity (Wildman–Crippen MR) is 119 cm³/mol. The minimum Gasteiger partial charge on any atom is -0.325 e. The molecule has 2 heterocycles. The number of anilines is 1. The number of nitrogens with one attached hydrogen (secondary N) is 1. The Bertz CT molecular complexity index is 1230. The molecule has 158 valence electrons. The topological polar surface area (TPSA) is 98.9 Å². The van der Waals surface area contributed by atoms with Crippen LogP contribution in [0.5, 0.6) is 0 Å². The van der Waals surface area contributed by atoms with Gasteiger partial charge in [-0.3, -0.25) is 18.7 Å². The van der Waals surface area contributed by atoms with Gasteiger partial charge in [-0.2, -0.15) is 0 Å². The Labute approximate surface area is 178 Å². The van der Waals surface area contributed by atoms with Crippen molar-refractivity contribution in [2.75, 3.05) is 11.1 Å². The summed E-state index contributed by atoms with van der Waals surface area (Å²) in [5.41, 5.74) is 2.24. The molecule has 0 aliphatic carbocycles. The van der Waals surface area contributed by atoms with E-state index in [1.54, 1.807) is 7.05 Å². The van der Waals surface area contributed by atoms with Gasteiger partial charge in [-0.15, -0.1) is 0 Å². The molecule has 0 unspecified atom stereocenters. The highest BCUT2D eigenvalue weighted by atomic mass is 32.2. The Morgan fingerprint density at radius 1 is 1.07 bits per heavy atom. The van der Waals surface area contributed by atoms with Crippen LogP contribution in [0.1, 0.15) is 30.3 Å². The summed E-state index contributed by atoms with van der Waals surface area (Å²) in [4.78, 5) is 46.5. The molecule has 0 radical (unpaired) electrons. The van der Waals surface area contributed by atoms with Gasteiger partial charge in [0.15, 0.2) is 5.65 Å². The van der Waals surface area contributed by atoms with Crippen LogP contribution < -0.4 is 16.6 Å². The zero-order chi connectivity index (χ0) is 22.0. The van der Waals surface area contributed by atoms with E-state index >= 15 is 0 Å². The van der Waals surface area contributed by atoms with Crippen LogP contribution >= 0.6 is 11.8 Å². The fourth-order valence-corrected chi connectivity index (χ4v) is 4.12. The van der Waals surface area contributed by atoms with Crippen LogP contribution in [0.3, 0.4) is 0 Å². The molecular formula is C21H25N5O3S. The Kier molecular flexibility index (Phi) is 6.40. The number of benzene rings is 1. The highest BCUT2D eigenvalue weighted by molar-refractivity contribution is 8.00. The van der Waals surface area contributed by atoms with Gasteiger partial charge in [-0.05, 0) is 43.5 Å². The Morgan fingerprint density at radius 2 is 1.73 bits per heavy atom. The first-order valence-electron chi connectivity index (χ1n) is 9.68. The maximum atomic E-state index is 12.8. The minimum atomic E-state index is -0.464. The fraction of sp³-hybridized carbons (Fsp3) is 0.381. The number of hydrogen-bond acceptors (Lipinski definition) is 6. The molecule has 0 aliphatic rings. The predicted octanol–water partition coefficient (Wildman–Crippen LogP) is 2.33. The molecule has 1 aromatic carbocycles. The average Bonchev–Trinajstić information content (AvgIpc) is 2.68. The number of carbonyl (C=O) groups excluding carboxylic acids is 1. The van der Waals surface area contributed by atoms with Gasteiger partial charge in [0.05, 0.1) is 5.75 Å². The first-order valence-corrected chi connectivity index (χ1v) is 10.7. The largest absolute Gasteiger partial charge is 0.332 e. The van der Waals surface area contributed by atoms with Crippen molar-refractivity contribution in [2.24, 2.45) is 14.1 Å². The zero-order valence-corrected chi connectivity index (χ0v) is 18.6. The highest BCUT2D eigenvalue weighted by Crippen LogP contribution is 2.23. The van der Waals surface area contributed by atoms with Crippen molar-refractivity contribution in [1.82, 2.24) is 19.1 Å². The summed E-state index contributed by atoms with van der Waals surface area (Å²) in [7, 11) is 3.00. The Balaban J connectivity index is 1.95. The SMILES string of the molecule is CCCc1nc(SCC(=O)Nc2cc(C)cc(C)c2)c2c(=O)n(C)c(=O)n(C)c2n1. The van der Waals surface area contributed by atoms with Crippen molar-refractivity contribution in [3.05, 3.63) is 56.0 Å². The van der Waals surface area contributed by atoms with Crippen LogP contribution in [0.25, 0.3) is 11.0 Å². The first-order chi connectivity index (χ1) is 14.2. The van der Waals surface area contributed by atoms with Crippen molar-refractivity contribution < 1.29 is 4.79 Å². The molecule has 1 N–H and O–H groups in total. The monoisotopic (exact) mass is 427 g/mol. The molecule has 3 aromatic rings. The quantitative estimate of drug-likeness (QED) is 0.479. The number of nitrogens with zero attached hydrogens (tertiary/aromatic N) is 4. The second-order valence-electron chi connectivity index (χ2n) is 7.31. The molecular weight excluding hydrogens is 402 g/mol. The first kappa shape index (κ1) is 21.8. The molecule has 0 spiro atoms. The van der Waals surface area contributed by atoms with Crippen LogP contribution in [0.4, 0.5) is 5.69 Å². The summed E-state index contributed by atoms with van der Waals surface area (Å²) in [6.07, 6.45) is 1.43. The molecule has 2 aromatic heterocycles. The molecule has 1 amide bonds. The van der Waals surface area contributed by atoms with Gasteiger partial charge in [-0.25, -0.2) is 14.8 Å². The van der Waals surface area contributed by atoms with Crippen LogP contribution in [0.2, 0.25) is 0 Å². The van der Waals surface area contributed by atoms with E-state index in [-0.39, 0.29) is 17.0 Å². The molecule has 30 heavy (non-hydrogen) atoms. The van der Waals surface area contributed by atoms with Gasteiger partial charge in [-0.1, -0.05) is 24.8 Å². The summed E-state index contributed by atoms with van der Waals surface area (Å²) in [6, 6.07) is 5.84. The van der Waals surface area contributed by atoms with Crippen molar-refractivity contribution in [2.45, 2.75) is 38.6 Å². The van der Waals surface area contributed by atoms with E-state index < -0.39 is 11.2 Å². The molecule has 0 atom stereocenters. The molecule has 0 aliphatic heterocycles. The number of amides is 1. The molecule has 0 saturated carbocycles. The number of fused-ring (bicyclic) bond motifs is 1. The second-order valence-corrected chi connectivity index (χ2v) is 8.28. The van der Waals surface area contributed by atoms with Gasteiger partial charge >= 0.3 is 5.69 Å². The summed E-state index contributed by atoms with van der Waals surface area (Å²) in [5.74, 6) is 0.428. The second kappa shape index (κ2) is 8.83. The van der Waals surface area contributed by atoms with Gasteiger partial charge in [0.1, 0.15) is 16.2 Å². The smallest absolute Gasteiger partial charge is 0.325 e. The fourth-order valence-electron chi connectivity index (χ4n) is 3.29.